The molecule has 0 aromatic heterocycles. The zero-order valence-electron chi connectivity index (χ0n) is 14.3. The smallest absolute Gasteiger partial charge is 0.293 e. The Morgan fingerprint density at radius 3 is 2.58 bits per heavy atom. The van der Waals surface area contributed by atoms with Gasteiger partial charge in [-0.25, -0.2) is 4.39 Å². The number of carbonyl (C=O) groups excluding carboxylic acids is 1. The van der Waals surface area contributed by atoms with Crippen LogP contribution in [0.3, 0.4) is 0 Å². The highest BCUT2D eigenvalue weighted by Crippen LogP contribution is 2.25. The zero-order chi connectivity index (χ0) is 18.9. The predicted molar refractivity (Wildman–Crippen MR) is 95.9 cm³/mol. The van der Waals surface area contributed by atoms with Crippen molar-refractivity contribution in [2.24, 2.45) is 0 Å². The molecule has 2 aromatic carbocycles. The van der Waals surface area contributed by atoms with E-state index in [9.17, 15) is 19.3 Å². The molecule has 0 unspecified atom stereocenters. The summed E-state index contributed by atoms with van der Waals surface area (Å²) in [5.41, 5.74) is 1.24. The van der Waals surface area contributed by atoms with Gasteiger partial charge in [0, 0.05) is 31.8 Å². The number of amides is 1. The van der Waals surface area contributed by atoms with Gasteiger partial charge in [-0.3, -0.25) is 14.9 Å². The summed E-state index contributed by atoms with van der Waals surface area (Å²) >= 11 is 0. The molecule has 2 rings (SSSR count). The molecule has 0 aliphatic heterocycles. The maximum absolute atomic E-state index is 12.9. The molecule has 0 aliphatic rings. The Kier molecular flexibility index (Phi) is 7.04. The van der Waals surface area contributed by atoms with Crippen molar-refractivity contribution in [2.75, 3.05) is 32.1 Å². The van der Waals surface area contributed by atoms with Gasteiger partial charge in [-0.2, -0.15) is 0 Å². The lowest BCUT2D eigenvalue weighted by Crippen LogP contribution is -2.25. The Balaban J connectivity index is 1.98. The minimum absolute atomic E-state index is 0.174. The third kappa shape index (κ3) is 5.52. The maximum atomic E-state index is 12.9. The van der Waals surface area contributed by atoms with Crippen molar-refractivity contribution in [3.63, 3.8) is 0 Å². The zero-order valence-corrected chi connectivity index (χ0v) is 14.3. The van der Waals surface area contributed by atoms with Gasteiger partial charge in [0.2, 0.25) is 0 Å². The number of ether oxygens (including phenoxy) is 1. The molecule has 8 heteroatoms. The van der Waals surface area contributed by atoms with Crippen molar-refractivity contribution >= 4 is 17.3 Å². The molecule has 0 spiro atoms. The molecular weight excluding hydrogens is 341 g/mol. The Morgan fingerprint density at radius 1 is 1.19 bits per heavy atom. The van der Waals surface area contributed by atoms with Crippen LogP contribution in [-0.2, 0) is 11.2 Å². The largest absolute Gasteiger partial charge is 0.383 e. The number of anilines is 1. The second-order valence-electron chi connectivity index (χ2n) is 5.54. The highest BCUT2D eigenvalue weighted by Gasteiger charge is 2.17. The maximum Gasteiger partial charge on any atom is 0.293 e. The molecule has 0 heterocycles. The first-order valence-electron chi connectivity index (χ1n) is 8.05. The molecule has 26 heavy (non-hydrogen) atoms. The van der Waals surface area contributed by atoms with Crippen LogP contribution in [0.15, 0.2) is 42.5 Å². The lowest BCUT2D eigenvalue weighted by Gasteiger charge is -2.09. The number of methoxy groups -OCH3 is 1. The van der Waals surface area contributed by atoms with E-state index in [1.807, 2.05) is 0 Å². The molecule has 0 bridgehead atoms. The average Bonchev–Trinajstić information content (AvgIpc) is 2.63. The van der Waals surface area contributed by atoms with E-state index in [1.54, 1.807) is 12.1 Å². The molecule has 2 N–H and O–H groups in total. The number of halogens is 1. The predicted octanol–water partition coefficient (Wildman–Crippen LogP) is 2.76. The van der Waals surface area contributed by atoms with Crippen LogP contribution in [0.5, 0.6) is 0 Å². The number of hydrogen-bond acceptors (Lipinski definition) is 5. The fourth-order valence-electron chi connectivity index (χ4n) is 2.33. The van der Waals surface area contributed by atoms with E-state index in [2.05, 4.69) is 10.6 Å². The van der Waals surface area contributed by atoms with Crippen LogP contribution < -0.4 is 10.6 Å². The number of benzene rings is 2. The van der Waals surface area contributed by atoms with E-state index in [1.165, 1.54) is 37.4 Å². The van der Waals surface area contributed by atoms with Crippen LogP contribution in [0.2, 0.25) is 0 Å². The van der Waals surface area contributed by atoms with E-state index >= 15 is 0 Å². The Labute approximate surface area is 150 Å². The molecule has 0 atom stereocenters. The SMILES string of the molecule is COCCNc1ccc(C(=O)NCCc2ccc(F)cc2)cc1[N+](=O)[O-]. The molecule has 0 fully saturated rings. The highest BCUT2D eigenvalue weighted by atomic mass is 19.1. The van der Waals surface area contributed by atoms with E-state index in [4.69, 9.17) is 4.74 Å². The van der Waals surface area contributed by atoms with Crippen LogP contribution in [0.1, 0.15) is 15.9 Å². The summed E-state index contributed by atoms with van der Waals surface area (Å²) in [6.07, 6.45) is 0.533. The van der Waals surface area contributed by atoms with Gasteiger partial charge in [0.1, 0.15) is 11.5 Å². The first-order valence-corrected chi connectivity index (χ1v) is 8.05. The monoisotopic (exact) mass is 361 g/mol. The first kappa shape index (κ1) is 19.3. The normalized spacial score (nSPS) is 10.4. The van der Waals surface area contributed by atoms with Gasteiger partial charge in [0.25, 0.3) is 11.6 Å². The molecule has 0 aliphatic carbocycles. The number of carbonyl (C=O) groups is 1. The molecule has 138 valence electrons. The fourth-order valence-corrected chi connectivity index (χ4v) is 2.33. The number of nitrogens with one attached hydrogen (secondary N) is 2. The summed E-state index contributed by atoms with van der Waals surface area (Å²) in [5.74, 6) is -0.719. The lowest BCUT2D eigenvalue weighted by atomic mass is 10.1. The number of nitro groups is 1. The van der Waals surface area contributed by atoms with Crippen molar-refractivity contribution in [1.29, 1.82) is 0 Å². The van der Waals surface area contributed by atoms with E-state index in [-0.39, 0.29) is 17.1 Å². The fraction of sp³-hybridized carbons (Fsp3) is 0.278. The molecule has 7 nitrogen and oxygen atoms in total. The summed E-state index contributed by atoms with van der Waals surface area (Å²) in [5, 5.41) is 16.8. The van der Waals surface area contributed by atoms with Crippen molar-refractivity contribution in [3.05, 3.63) is 69.5 Å². The van der Waals surface area contributed by atoms with Crippen LogP contribution >= 0.6 is 0 Å². The number of nitro benzene ring substituents is 1. The third-order valence-corrected chi connectivity index (χ3v) is 3.69. The van der Waals surface area contributed by atoms with E-state index < -0.39 is 10.8 Å². The van der Waals surface area contributed by atoms with Gasteiger partial charge in [-0.15, -0.1) is 0 Å². The molecule has 2 aromatic rings. The van der Waals surface area contributed by atoms with Gasteiger partial charge >= 0.3 is 0 Å². The van der Waals surface area contributed by atoms with Gasteiger partial charge < -0.3 is 15.4 Å². The second kappa shape index (κ2) is 9.47. The third-order valence-electron chi connectivity index (χ3n) is 3.69. The number of rotatable bonds is 9. The summed E-state index contributed by atoms with van der Waals surface area (Å²) < 4.78 is 17.8. The standard InChI is InChI=1S/C18H20FN3O4/c1-26-11-10-20-16-7-4-14(12-17(16)22(24)25)18(23)21-9-8-13-2-5-15(19)6-3-13/h2-7,12,20H,8-11H2,1H3,(H,21,23). The summed E-state index contributed by atoms with van der Waals surface area (Å²) in [6, 6.07) is 10.3. The topological polar surface area (TPSA) is 93.5 Å². The second-order valence-corrected chi connectivity index (χ2v) is 5.54. The molecule has 1 amide bonds. The Hall–Kier alpha value is -3.00. The first-order chi connectivity index (χ1) is 12.5. The Bertz CT molecular complexity index is 766. The van der Waals surface area contributed by atoms with Crippen LogP contribution in [0, 0.1) is 15.9 Å². The van der Waals surface area contributed by atoms with Crippen molar-refractivity contribution in [2.45, 2.75) is 6.42 Å². The highest BCUT2D eigenvalue weighted by molar-refractivity contribution is 5.95. The summed E-state index contributed by atoms with van der Waals surface area (Å²) in [7, 11) is 1.54. The van der Waals surface area contributed by atoms with E-state index in [0.29, 0.717) is 31.8 Å². The van der Waals surface area contributed by atoms with Gasteiger partial charge in [0.15, 0.2) is 0 Å². The van der Waals surface area contributed by atoms with Crippen LogP contribution in [0.25, 0.3) is 0 Å². The summed E-state index contributed by atoms with van der Waals surface area (Å²) in [6.45, 7) is 1.16. The Morgan fingerprint density at radius 2 is 1.92 bits per heavy atom. The van der Waals surface area contributed by atoms with Gasteiger partial charge in [-0.05, 0) is 36.2 Å². The summed E-state index contributed by atoms with van der Waals surface area (Å²) in [4.78, 5) is 22.9. The minimum Gasteiger partial charge on any atom is -0.383 e. The molecule has 0 saturated heterocycles. The average molecular weight is 361 g/mol. The van der Waals surface area contributed by atoms with Crippen LogP contribution in [-0.4, -0.2) is 37.6 Å². The molecule has 0 radical (unpaired) electrons. The quantitative estimate of drug-likeness (QED) is 0.407. The van der Waals surface area contributed by atoms with Crippen molar-refractivity contribution in [1.82, 2.24) is 5.32 Å². The number of hydrogen-bond donors (Lipinski definition) is 2. The molecule has 0 saturated carbocycles. The van der Waals surface area contributed by atoms with Crippen molar-refractivity contribution < 1.29 is 18.8 Å². The van der Waals surface area contributed by atoms with Gasteiger partial charge in [0.05, 0.1) is 11.5 Å². The lowest BCUT2D eigenvalue weighted by molar-refractivity contribution is -0.384. The van der Waals surface area contributed by atoms with E-state index in [0.717, 1.165) is 5.56 Å². The van der Waals surface area contributed by atoms with Gasteiger partial charge in [-0.1, -0.05) is 12.1 Å². The van der Waals surface area contributed by atoms with Crippen LogP contribution in [0.4, 0.5) is 15.8 Å². The molecular formula is C18H20FN3O4. The number of nitrogens with zero attached hydrogens (tertiary/aromatic N) is 1. The van der Waals surface area contributed by atoms with Crippen molar-refractivity contribution in [3.8, 4) is 0 Å². The minimum atomic E-state index is -0.537.